The third-order valence-corrected chi connectivity index (χ3v) is 4.19. The Morgan fingerprint density at radius 3 is 2.36 bits per heavy atom. The average Bonchev–Trinajstić information content (AvgIpc) is 3.12. The van der Waals surface area contributed by atoms with Gasteiger partial charge in [-0.15, -0.1) is 0 Å². The van der Waals surface area contributed by atoms with Gasteiger partial charge in [-0.25, -0.2) is 0 Å². The molecule has 0 aliphatic heterocycles. The van der Waals surface area contributed by atoms with Crippen LogP contribution in [-0.2, 0) is 11.3 Å². The lowest BCUT2D eigenvalue weighted by Gasteiger charge is -2.11. The molecule has 2 aromatic carbocycles. The molecule has 0 aliphatic rings. The summed E-state index contributed by atoms with van der Waals surface area (Å²) >= 11 is 5.88. The van der Waals surface area contributed by atoms with Crippen molar-refractivity contribution >= 4 is 29.5 Å². The topological polar surface area (TPSA) is 71.3 Å². The Hall–Kier alpha value is -3.31. The molecule has 0 atom stereocenters. The maximum atomic E-state index is 12.7. The molecule has 1 heterocycles. The molecule has 2 amide bonds. The van der Waals surface area contributed by atoms with Crippen molar-refractivity contribution in [1.29, 1.82) is 0 Å². The third-order valence-electron chi connectivity index (χ3n) is 3.94. The van der Waals surface area contributed by atoms with Crippen LogP contribution >= 0.6 is 11.6 Å². The van der Waals surface area contributed by atoms with E-state index in [0.29, 0.717) is 28.7 Å². The molecule has 3 aromatic rings. The molecule has 0 unspecified atom stereocenters. The number of nitrogens with one attached hydrogen (secondary N) is 2. The molecule has 0 radical (unpaired) electrons. The summed E-state index contributed by atoms with van der Waals surface area (Å²) in [4.78, 5) is 25.2. The molecule has 0 spiro atoms. The van der Waals surface area contributed by atoms with Crippen molar-refractivity contribution in [2.24, 2.45) is 0 Å². The molecule has 0 fully saturated rings. The number of aryl methyl sites for hydroxylation is 1. The van der Waals surface area contributed by atoms with Gasteiger partial charge < -0.3 is 15.1 Å². The van der Waals surface area contributed by atoms with Crippen molar-refractivity contribution in [3.05, 3.63) is 100 Å². The summed E-state index contributed by atoms with van der Waals surface area (Å²) in [5, 5.41) is 6.08. The number of amides is 2. The largest absolute Gasteiger partial charge is 0.462 e. The number of hydrogen-bond acceptors (Lipinski definition) is 3. The van der Waals surface area contributed by atoms with Crippen molar-refractivity contribution in [2.45, 2.75) is 13.5 Å². The quantitative estimate of drug-likeness (QED) is 0.611. The van der Waals surface area contributed by atoms with E-state index in [1.165, 1.54) is 6.08 Å². The Kier molecular flexibility index (Phi) is 6.29. The van der Waals surface area contributed by atoms with Crippen LogP contribution < -0.4 is 10.6 Å². The van der Waals surface area contributed by atoms with Gasteiger partial charge in [0.05, 0.1) is 0 Å². The molecule has 0 saturated carbocycles. The summed E-state index contributed by atoms with van der Waals surface area (Å²) < 4.78 is 5.51. The maximum absolute atomic E-state index is 12.7. The van der Waals surface area contributed by atoms with Gasteiger partial charge in [0.1, 0.15) is 17.2 Å². The highest BCUT2D eigenvalue weighted by Gasteiger charge is 2.15. The van der Waals surface area contributed by atoms with Crippen LogP contribution in [0.15, 0.2) is 76.8 Å². The highest BCUT2D eigenvalue weighted by Crippen LogP contribution is 2.12. The van der Waals surface area contributed by atoms with E-state index in [2.05, 4.69) is 10.6 Å². The number of benzene rings is 2. The lowest BCUT2D eigenvalue weighted by atomic mass is 10.2. The average molecular weight is 395 g/mol. The van der Waals surface area contributed by atoms with Crippen molar-refractivity contribution in [3.8, 4) is 0 Å². The van der Waals surface area contributed by atoms with Gasteiger partial charge in [0.15, 0.2) is 0 Å². The number of furan rings is 1. The minimum atomic E-state index is -0.423. The predicted molar refractivity (Wildman–Crippen MR) is 109 cm³/mol. The van der Waals surface area contributed by atoms with E-state index in [1.807, 2.05) is 18.2 Å². The molecule has 5 nitrogen and oxygen atoms in total. The monoisotopic (exact) mass is 394 g/mol. The van der Waals surface area contributed by atoms with E-state index in [9.17, 15) is 9.59 Å². The zero-order valence-corrected chi connectivity index (χ0v) is 16.0. The van der Waals surface area contributed by atoms with Gasteiger partial charge in [-0.05, 0) is 48.9 Å². The van der Waals surface area contributed by atoms with Crippen molar-refractivity contribution in [1.82, 2.24) is 10.6 Å². The number of carbonyl (C=O) groups excluding carboxylic acids is 2. The summed E-state index contributed by atoms with van der Waals surface area (Å²) in [7, 11) is 0. The van der Waals surface area contributed by atoms with Crippen LogP contribution in [0.2, 0.25) is 5.02 Å². The van der Waals surface area contributed by atoms with Gasteiger partial charge in [-0.1, -0.05) is 41.9 Å². The lowest BCUT2D eigenvalue weighted by molar-refractivity contribution is -0.117. The summed E-state index contributed by atoms with van der Waals surface area (Å²) in [6, 6.07) is 19.4. The van der Waals surface area contributed by atoms with E-state index >= 15 is 0 Å². The van der Waals surface area contributed by atoms with E-state index in [1.54, 1.807) is 55.5 Å². The molecular formula is C22H19ClN2O3. The molecule has 2 N–H and O–H groups in total. The van der Waals surface area contributed by atoms with Crippen LogP contribution in [0.1, 0.15) is 27.4 Å². The lowest BCUT2D eigenvalue weighted by Crippen LogP contribution is -2.34. The minimum Gasteiger partial charge on any atom is -0.462 e. The maximum Gasteiger partial charge on any atom is 0.268 e. The van der Waals surface area contributed by atoms with Gasteiger partial charge in [0.25, 0.3) is 11.8 Å². The first-order valence-corrected chi connectivity index (χ1v) is 9.06. The van der Waals surface area contributed by atoms with Crippen molar-refractivity contribution < 1.29 is 14.0 Å². The van der Waals surface area contributed by atoms with Gasteiger partial charge in [0, 0.05) is 23.2 Å². The van der Waals surface area contributed by atoms with E-state index in [0.717, 1.165) is 5.56 Å². The van der Waals surface area contributed by atoms with Gasteiger partial charge >= 0.3 is 0 Å². The molecule has 0 saturated heterocycles. The summed E-state index contributed by atoms with van der Waals surface area (Å²) in [5.41, 5.74) is 1.44. The highest BCUT2D eigenvalue weighted by atomic mass is 35.5. The summed E-state index contributed by atoms with van der Waals surface area (Å²) in [5.74, 6) is 0.383. The Morgan fingerprint density at radius 2 is 1.71 bits per heavy atom. The van der Waals surface area contributed by atoms with Crippen LogP contribution in [0.4, 0.5) is 0 Å². The minimum absolute atomic E-state index is 0.0946. The fourth-order valence-corrected chi connectivity index (χ4v) is 2.62. The molecular weight excluding hydrogens is 376 g/mol. The van der Waals surface area contributed by atoms with E-state index in [-0.39, 0.29) is 11.6 Å². The normalized spacial score (nSPS) is 11.1. The zero-order valence-electron chi connectivity index (χ0n) is 15.2. The first kappa shape index (κ1) is 19.5. The number of rotatable bonds is 6. The van der Waals surface area contributed by atoms with Gasteiger partial charge in [0.2, 0.25) is 0 Å². The first-order valence-electron chi connectivity index (χ1n) is 8.68. The predicted octanol–water partition coefficient (Wildman–Crippen LogP) is 4.33. The Bertz CT molecular complexity index is 992. The van der Waals surface area contributed by atoms with Gasteiger partial charge in [-0.3, -0.25) is 9.59 Å². The van der Waals surface area contributed by atoms with Crippen molar-refractivity contribution in [2.75, 3.05) is 0 Å². The Morgan fingerprint density at radius 1 is 1.00 bits per heavy atom. The molecule has 28 heavy (non-hydrogen) atoms. The molecule has 6 heteroatoms. The fourth-order valence-electron chi connectivity index (χ4n) is 2.50. The number of hydrogen-bond donors (Lipinski definition) is 2. The standard InChI is InChI=1S/C22H19ClN2O3/c1-15-7-12-19(28-15)13-20(25-21(26)17-5-3-2-4-6-17)22(27)24-14-16-8-10-18(23)11-9-16/h2-13H,14H2,1H3,(H,24,27)(H,25,26)/b20-13-. The molecule has 3 rings (SSSR count). The van der Waals surface area contributed by atoms with Crippen LogP contribution in [0.3, 0.4) is 0 Å². The number of carbonyl (C=O) groups is 2. The van der Waals surface area contributed by atoms with Crippen molar-refractivity contribution in [3.63, 3.8) is 0 Å². The SMILES string of the molecule is Cc1ccc(/C=C(\NC(=O)c2ccccc2)C(=O)NCc2ccc(Cl)cc2)o1. The van der Waals surface area contributed by atoms with Crippen LogP contribution in [0.5, 0.6) is 0 Å². The zero-order chi connectivity index (χ0) is 19.9. The highest BCUT2D eigenvalue weighted by molar-refractivity contribution is 6.30. The smallest absolute Gasteiger partial charge is 0.268 e. The third kappa shape index (κ3) is 5.34. The first-order chi connectivity index (χ1) is 13.5. The van der Waals surface area contributed by atoms with Gasteiger partial charge in [-0.2, -0.15) is 0 Å². The molecule has 142 valence electrons. The fraction of sp³-hybridized carbons (Fsp3) is 0.0909. The molecule has 0 bridgehead atoms. The van der Waals surface area contributed by atoms with Crippen LogP contribution in [-0.4, -0.2) is 11.8 Å². The summed E-state index contributed by atoms with van der Waals surface area (Å²) in [6.07, 6.45) is 1.50. The van der Waals surface area contributed by atoms with Crippen LogP contribution in [0, 0.1) is 6.92 Å². The van der Waals surface area contributed by atoms with E-state index < -0.39 is 5.91 Å². The van der Waals surface area contributed by atoms with E-state index in [4.69, 9.17) is 16.0 Å². The summed E-state index contributed by atoms with van der Waals surface area (Å²) in [6.45, 7) is 2.10. The number of halogens is 1. The molecule has 1 aromatic heterocycles. The second kappa shape index (κ2) is 9.06. The molecule has 0 aliphatic carbocycles. The van der Waals surface area contributed by atoms with Crippen LogP contribution in [0.25, 0.3) is 6.08 Å². The second-order valence-electron chi connectivity index (χ2n) is 6.14. The Balaban J connectivity index is 1.77. The second-order valence-corrected chi connectivity index (χ2v) is 6.57. The Labute approximate surface area is 168 Å².